The molecule has 0 unspecified atom stereocenters. The molecule has 0 aliphatic heterocycles. The van der Waals surface area contributed by atoms with Crippen LogP contribution < -0.4 is 5.56 Å². The Bertz CT molecular complexity index is 643. The Labute approximate surface area is 94.5 Å². The van der Waals surface area contributed by atoms with E-state index in [-0.39, 0.29) is 5.65 Å². The number of rotatable bonds is 0. The van der Waals surface area contributed by atoms with Gasteiger partial charge in [0.15, 0.2) is 0 Å². The molecule has 0 N–H and O–H groups in total. The molecule has 2 aromatic rings. The molecule has 0 amide bonds. The van der Waals surface area contributed by atoms with Crippen LogP contribution in [0.3, 0.4) is 0 Å². The predicted octanol–water partition coefficient (Wildman–Crippen LogP) is 2.33. The van der Waals surface area contributed by atoms with Crippen LogP contribution in [0, 0.1) is 13.8 Å². The van der Waals surface area contributed by atoms with E-state index in [4.69, 9.17) is 0 Å². The average Bonchev–Trinajstić information content (AvgIpc) is 2.13. The summed E-state index contributed by atoms with van der Waals surface area (Å²) in [4.78, 5) is 14.7. The van der Waals surface area contributed by atoms with Crippen molar-refractivity contribution in [2.75, 3.05) is 0 Å². The van der Waals surface area contributed by atoms with Crippen molar-refractivity contribution in [2.45, 2.75) is 20.0 Å². The molecular weight excluding hydrogens is 233 g/mol. The Morgan fingerprint density at radius 2 is 1.82 bits per heavy atom. The van der Waals surface area contributed by atoms with Gasteiger partial charge in [0.05, 0.1) is 0 Å². The van der Waals surface area contributed by atoms with Crippen molar-refractivity contribution < 1.29 is 13.2 Å². The fraction of sp³-hybridized carbons (Fsp3) is 0.273. The molecule has 0 atom stereocenters. The zero-order valence-corrected chi connectivity index (χ0v) is 9.17. The van der Waals surface area contributed by atoms with Crippen LogP contribution in [0.5, 0.6) is 0 Å². The highest BCUT2D eigenvalue weighted by atomic mass is 19.4. The first kappa shape index (κ1) is 11.6. The van der Waals surface area contributed by atoms with E-state index in [2.05, 4.69) is 4.98 Å². The van der Waals surface area contributed by atoms with Crippen molar-refractivity contribution in [2.24, 2.45) is 0 Å². The summed E-state index contributed by atoms with van der Waals surface area (Å²) >= 11 is 0. The van der Waals surface area contributed by atoms with Gasteiger partial charge in [-0.25, -0.2) is 0 Å². The second kappa shape index (κ2) is 3.58. The summed E-state index contributed by atoms with van der Waals surface area (Å²) in [5, 5.41) is 0. The van der Waals surface area contributed by atoms with E-state index in [0.717, 1.165) is 9.96 Å². The highest BCUT2D eigenvalue weighted by Gasteiger charge is 2.34. The number of halogens is 3. The predicted molar refractivity (Wildman–Crippen MR) is 55.9 cm³/mol. The first-order valence-electron chi connectivity index (χ1n) is 4.87. The van der Waals surface area contributed by atoms with E-state index in [1.165, 1.54) is 6.07 Å². The molecule has 0 aliphatic carbocycles. The third kappa shape index (κ3) is 2.02. The zero-order chi connectivity index (χ0) is 12.8. The molecule has 0 aromatic carbocycles. The average molecular weight is 242 g/mol. The molecule has 0 saturated carbocycles. The third-order valence-electron chi connectivity index (χ3n) is 2.39. The highest BCUT2D eigenvalue weighted by molar-refractivity contribution is 5.44. The summed E-state index contributed by atoms with van der Waals surface area (Å²) in [5.74, 6) is 0. The molecule has 0 radical (unpaired) electrons. The van der Waals surface area contributed by atoms with E-state index in [0.29, 0.717) is 11.8 Å². The number of pyridine rings is 1. The number of aryl methyl sites for hydroxylation is 2. The van der Waals surface area contributed by atoms with Gasteiger partial charge in [0.25, 0.3) is 5.56 Å². The topological polar surface area (TPSA) is 34.4 Å². The van der Waals surface area contributed by atoms with Crippen molar-refractivity contribution >= 4 is 5.65 Å². The van der Waals surface area contributed by atoms with Crippen molar-refractivity contribution in [1.29, 1.82) is 0 Å². The van der Waals surface area contributed by atoms with Crippen molar-refractivity contribution in [3.63, 3.8) is 0 Å². The second-order valence-corrected chi connectivity index (χ2v) is 3.85. The van der Waals surface area contributed by atoms with E-state index in [1.54, 1.807) is 19.9 Å². The summed E-state index contributed by atoms with van der Waals surface area (Å²) < 4.78 is 39.3. The lowest BCUT2D eigenvalue weighted by atomic mass is 10.2. The highest BCUT2D eigenvalue weighted by Crippen LogP contribution is 2.29. The van der Waals surface area contributed by atoms with Crippen molar-refractivity contribution in [3.05, 3.63) is 45.5 Å². The number of alkyl halides is 3. The van der Waals surface area contributed by atoms with Gasteiger partial charge < -0.3 is 0 Å². The van der Waals surface area contributed by atoms with E-state index in [1.807, 2.05) is 0 Å². The maximum absolute atomic E-state index is 12.8. The summed E-state index contributed by atoms with van der Waals surface area (Å²) in [6.07, 6.45) is -4.58. The normalized spacial score (nSPS) is 12.1. The SMILES string of the molecule is Cc1cc(C)n2c(C(F)(F)F)cc(=O)nc2c1. The molecule has 2 aromatic heterocycles. The third-order valence-corrected chi connectivity index (χ3v) is 2.39. The molecule has 0 aliphatic rings. The number of fused-ring (bicyclic) bond motifs is 1. The minimum atomic E-state index is -4.58. The molecule has 17 heavy (non-hydrogen) atoms. The number of hydrogen-bond acceptors (Lipinski definition) is 2. The van der Waals surface area contributed by atoms with Crippen LogP contribution in [0.15, 0.2) is 23.0 Å². The summed E-state index contributed by atoms with van der Waals surface area (Å²) in [7, 11) is 0. The number of nitrogens with zero attached hydrogens (tertiary/aromatic N) is 2. The standard InChI is InChI=1S/C11H9F3N2O/c1-6-3-7(2)16-8(11(12,13)14)5-10(17)15-9(16)4-6/h3-5H,1-2H3. The lowest BCUT2D eigenvalue weighted by Crippen LogP contribution is -2.20. The van der Waals surface area contributed by atoms with Crippen molar-refractivity contribution in [3.8, 4) is 0 Å². The summed E-state index contributed by atoms with van der Waals surface area (Å²) in [5.41, 5.74) is -0.719. The molecule has 6 heteroatoms. The minimum Gasteiger partial charge on any atom is -0.294 e. The molecular formula is C11H9F3N2O. The van der Waals surface area contributed by atoms with Crippen LogP contribution >= 0.6 is 0 Å². The maximum Gasteiger partial charge on any atom is 0.432 e. The van der Waals surface area contributed by atoms with Gasteiger partial charge in [-0.1, -0.05) is 0 Å². The van der Waals surface area contributed by atoms with Gasteiger partial charge in [0.2, 0.25) is 0 Å². The largest absolute Gasteiger partial charge is 0.432 e. The quantitative estimate of drug-likeness (QED) is 0.710. The lowest BCUT2D eigenvalue weighted by Gasteiger charge is -2.14. The Hall–Kier alpha value is -1.85. The number of hydrogen-bond donors (Lipinski definition) is 0. The monoisotopic (exact) mass is 242 g/mol. The molecule has 0 saturated heterocycles. The Balaban J connectivity index is 2.98. The van der Waals surface area contributed by atoms with Gasteiger partial charge in [-0.2, -0.15) is 18.2 Å². The van der Waals surface area contributed by atoms with Gasteiger partial charge >= 0.3 is 6.18 Å². The van der Waals surface area contributed by atoms with Crippen LogP contribution in [0.1, 0.15) is 17.0 Å². The van der Waals surface area contributed by atoms with Crippen LogP contribution in [0.4, 0.5) is 13.2 Å². The molecule has 3 nitrogen and oxygen atoms in total. The first-order chi connectivity index (χ1) is 7.79. The molecule has 90 valence electrons. The van der Waals surface area contributed by atoms with Crippen LogP contribution in [0.2, 0.25) is 0 Å². The fourth-order valence-corrected chi connectivity index (χ4v) is 1.82. The van der Waals surface area contributed by atoms with Gasteiger partial charge in [-0.3, -0.25) is 9.20 Å². The maximum atomic E-state index is 12.8. The molecule has 0 spiro atoms. The van der Waals surface area contributed by atoms with E-state index < -0.39 is 17.4 Å². The molecule has 2 heterocycles. The second-order valence-electron chi connectivity index (χ2n) is 3.85. The van der Waals surface area contributed by atoms with Gasteiger partial charge in [0.1, 0.15) is 11.3 Å². The van der Waals surface area contributed by atoms with Gasteiger partial charge in [0, 0.05) is 11.8 Å². The van der Waals surface area contributed by atoms with Crippen molar-refractivity contribution in [1.82, 2.24) is 9.38 Å². The zero-order valence-electron chi connectivity index (χ0n) is 9.17. The summed E-state index contributed by atoms with van der Waals surface area (Å²) in [6, 6.07) is 3.56. The number of aromatic nitrogens is 2. The fourth-order valence-electron chi connectivity index (χ4n) is 1.82. The Kier molecular flexibility index (Phi) is 2.45. The molecule has 0 fully saturated rings. The van der Waals surface area contributed by atoms with Gasteiger partial charge in [-0.05, 0) is 31.5 Å². The minimum absolute atomic E-state index is 0.0160. The lowest BCUT2D eigenvalue weighted by molar-refractivity contribution is -0.142. The van der Waals surface area contributed by atoms with Crippen LogP contribution in [-0.4, -0.2) is 9.38 Å². The van der Waals surface area contributed by atoms with Gasteiger partial charge in [-0.15, -0.1) is 0 Å². The van der Waals surface area contributed by atoms with Crippen LogP contribution in [0.25, 0.3) is 5.65 Å². The van der Waals surface area contributed by atoms with E-state index in [9.17, 15) is 18.0 Å². The van der Waals surface area contributed by atoms with E-state index >= 15 is 0 Å². The molecule has 2 rings (SSSR count). The Morgan fingerprint density at radius 1 is 1.18 bits per heavy atom. The Morgan fingerprint density at radius 3 is 2.41 bits per heavy atom. The van der Waals surface area contributed by atoms with Crippen LogP contribution in [-0.2, 0) is 6.18 Å². The molecule has 0 bridgehead atoms. The smallest absolute Gasteiger partial charge is 0.294 e. The first-order valence-corrected chi connectivity index (χ1v) is 4.87. The summed E-state index contributed by atoms with van der Waals surface area (Å²) in [6.45, 7) is 3.28.